The molecule has 66 valence electrons. The van der Waals surface area contributed by atoms with Gasteiger partial charge in [0.15, 0.2) is 0 Å². The van der Waals surface area contributed by atoms with E-state index in [0.717, 1.165) is 4.60 Å². The fourth-order valence-electron chi connectivity index (χ4n) is 1.86. The molecular formula is C9H13BrN2. The average Bonchev–Trinajstić information content (AvgIpc) is 2.54. The third-order valence-corrected chi connectivity index (χ3v) is 2.95. The maximum Gasteiger partial charge on any atom is 0.128 e. The van der Waals surface area contributed by atoms with E-state index in [1.165, 1.54) is 32.1 Å². The van der Waals surface area contributed by atoms with Crippen molar-refractivity contribution in [2.75, 3.05) is 0 Å². The van der Waals surface area contributed by atoms with Gasteiger partial charge in [-0.25, -0.2) is 0 Å². The summed E-state index contributed by atoms with van der Waals surface area (Å²) in [5.74, 6) is 0. The molecule has 1 aliphatic carbocycles. The maximum atomic E-state index is 4.37. The van der Waals surface area contributed by atoms with Gasteiger partial charge in [-0.2, -0.15) is 5.10 Å². The zero-order chi connectivity index (χ0) is 8.39. The lowest BCUT2D eigenvalue weighted by molar-refractivity contribution is 0.328. The van der Waals surface area contributed by atoms with E-state index in [1.807, 2.05) is 6.07 Å². The lowest BCUT2D eigenvalue weighted by atomic mass is 9.96. The van der Waals surface area contributed by atoms with Crippen LogP contribution in [0, 0.1) is 0 Å². The van der Waals surface area contributed by atoms with E-state index in [1.54, 1.807) is 0 Å². The van der Waals surface area contributed by atoms with E-state index in [2.05, 4.69) is 31.9 Å². The van der Waals surface area contributed by atoms with Gasteiger partial charge in [0.05, 0.1) is 6.04 Å². The molecule has 0 aliphatic heterocycles. The number of hydrogen-bond donors (Lipinski definition) is 0. The lowest BCUT2D eigenvalue weighted by Crippen LogP contribution is -2.12. The van der Waals surface area contributed by atoms with Crippen molar-refractivity contribution in [2.24, 2.45) is 0 Å². The van der Waals surface area contributed by atoms with E-state index in [0.29, 0.717) is 6.04 Å². The van der Waals surface area contributed by atoms with Gasteiger partial charge in [0.1, 0.15) is 4.60 Å². The van der Waals surface area contributed by atoms with E-state index in [4.69, 9.17) is 0 Å². The molecule has 1 saturated carbocycles. The summed E-state index contributed by atoms with van der Waals surface area (Å²) in [6.45, 7) is 0. The summed E-state index contributed by atoms with van der Waals surface area (Å²) in [5.41, 5.74) is 0. The fraction of sp³-hybridized carbons (Fsp3) is 0.667. The van der Waals surface area contributed by atoms with E-state index in [-0.39, 0.29) is 0 Å². The molecule has 1 fully saturated rings. The number of nitrogens with zero attached hydrogens (tertiary/aromatic N) is 2. The molecule has 1 heterocycles. The van der Waals surface area contributed by atoms with Gasteiger partial charge in [-0.1, -0.05) is 19.3 Å². The highest BCUT2D eigenvalue weighted by atomic mass is 79.9. The number of halogens is 1. The molecule has 0 saturated heterocycles. The predicted molar refractivity (Wildman–Crippen MR) is 52.0 cm³/mol. The maximum absolute atomic E-state index is 4.37. The van der Waals surface area contributed by atoms with Crippen LogP contribution in [0.5, 0.6) is 0 Å². The van der Waals surface area contributed by atoms with Crippen LogP contribution in [0.1, 0.15) is 38.1 Å². The second-order valence-corrected chi connectivity index (χ2v) is 4.22. The fourth-order valence-corrected chi connectivity index (χ4v) is 2.17. The normalized spacial score (nSPS) is 19.8. The van der Waals surface area contributed by atoms with Crippen molar-refractivity contribution in [1.82, 2.24) is 9.78 Å². The monoisotopic (exact) mass is 228 g/mol. The lowest BCUT2D eigenvalue weighted by Gasteiger charge is -2.21. The molecule has 1 aliphatic rings. The van der Waals surface area contributed by atoms with Crippen LogP contribution in [0.2, 0.25) is 0 Å². The Bertz CT molecular complexity index is 251. The average molecular weight is 229 g/mol. The Morgan fingerprint density at radius 2 is 2.08 bits per heavy atom. The van der Waals surface area contributed by atoms with Gasteiger partial charge >= 0.3 is 0 Å². The first-order chi connectivity index (χ1) is 5.86. The summed E-state index contributed by atoms with van der Waals surface area (Å²) < 4.78 is 3.05. The Balaban J connectivity index is 2.08. The summed E-state index contributed by atoms with van der Waals surface area (Å²) in [7, 11) is 0. The van der Waals surface area contributed by atoms with E-state index >= 15 is 0 Å². The topological polar surface area (TPSA) is 17.8 Å². The Morgan fingerprint density at radius 1 is 1.33 bits per heavy atom. The molecule has 0 bridgehead atoms. The minimum Gasteiger partial charge on any atom is -0.269 e. The molecule has 0 amide bonds. The zero-order valence-electron chi connectivity index (χ0n) is 7.04. The van der Waals surface area contributed by atoms with Crippen molar-refractivity contribution in [3.63, 3.8) is 0 Å². The van der Waals surface area contributed by atoms with Crippen LogP contribution in [0.4, 0.5) is 0 Å². The molecule has 0 N–H and O–H groups in total. The summed E-state index contributed by atoms with van der Waals surface area (Å²) in [5, 5.41) is 4.37. The van der Waals surface area contributed by atoms with Crippen LogP contribution in [0.25, 0.3) is 0 Å². The standard InChI is InChI=1S/C9H13BrN2/c10-9-6-7-12(11-9)8-4-2-1-3-5-8/h6-8H,1-5H2. The van der Waals surface area contributed by atoms with Crippen LogP contribution in [-0.2, 0) is 0 Å². The first-order valence-corrected chi connectivity index (χ1v) is 5.36. The first kappa shape index (κ1) is 8.30. The molecule has 1 aromatic heterocycles. The molecule has 1 aromatic rings. The highest BCUT2D eigenvalue weighted by Crippen LogP contribution is 2.27. The molecule has 2 nitrogen and oxygen atoms in total. The smallest absolute Gasteiger partial charge is 0.128 e. The van der Waals surface area contributed by atoms with Crippen molar-refractivity contribution >= 4 is 15.9 Å². The Kier molecular flexibility index (Phi) is 2.49. The molecule has 3 heteroatoms. The van der Waals surface area contributed by atoms with Crippen LogP contribution in [0.15, 0.2) is 16.9 Å². The van der Waals surface area contributed by atoms with Gasteiger partial charge in [-0.05, 0) is 34.8 Å². The van der Waals surface area contributed by atoms with Crippen LogP contribution in [0.3, 0.4) is 0 Å². The number of aromatic nitrogens is 2. The third kappa shape index (κ3) is 1.71. The van der Waals surface area contributed by atoms with Crippen molar-refractivity contribution in [3.05, 3.63) is 16.9 Å². The van der Waals surface area contributed by atoms with Gasteiger partial charge in [-0.15, -0.1) is 0 Å². The number of rotatable bonds is 1. The molecule has 12 heavy (non-hydrogen) atoms. The highest BCUT2D eigenvalue weighted by Gasteiger charge is 2.15. The van der Waals surface area contributed by atoms with Crippen LogP contribution >= 0.6 is 15.9 Å². The largest absolute Gasteiger partial charge is 0.269 e. The highest BCUT2D eigenvalue weighted by molar-refractivity contribution is 9.10. The Labute approximate surface area is 81.1 Å². The molecule has 0 aromatic carbocycles. The summed E-state index contributed by atoms with van der Waals surface area (Å²) in [6, 6.07) is 2.67. The van der Waals surface area contributed by atoms with Gasteiger partial charge in [0.2, 0.25) is 0 Å². The van der Waals surface area contributed by atoms with E-state index < -0.39 is 0 Å². The first-order valence-electron chi connectivity index (χ1n) is 4.57. The minimum absolute atomic E-state index is 0.657. The molecule has 0 spiro atoms. The molecule has 2 rings (SSSR count). The Morgan fingerprint density at radius 3 is 2.67 bits per heavy atom. The second kappa shape index (κ2) is 3.60. The van der Waals surface area contributed by atoms with Crippen molar-refractivity contribution in [2.45, 2.75) is 38.1 Å². The van der Waals surface area contributed by atoms with Crippen molar-refractivity contribution in [3.8, 4) is 0 Å². The summed E-state index contributed by atoms with van der Waals surface area (Å²) in [6.07, 6.45) is 8.80. The van der Waals surface area contributed by atoms with Crippen molar-refractivity contribution < 1.29 is 0 Å². The van der Waals surface area contributed by atoms with Crippen LogP contribution in [-0.4, -0.2) is 9.78 Å². The van der Waals surface area contributed by atoms with E-state index in [9.17, 15) is 0 Å². The third-order valence-electron chi connectivity index (χ3n) is 2.52. The summed E-state index contributed by atoms with van der Waals surface area (Å²) in [4.78, 5) is 0. The Hall–Kier alpha value is -0.310. The van der Waals surface area contributed by atoms with Gasteiger partial charge in [0, 0.05) is 6.20 Å². The van der Waals surface area contributed by atoms with Gasteiger partial charge < -0.3 is 0 Å². The summed E-state index contributed by atoms with van der Waals surface area (Å²) >= 11 is 3.37. The van der Waals surface area contributed by atoms with Gasteiger partial charge in [-0.3, -0.25) is 4.68 Å². The molecular weight excluding hydrogens is 216 g/mol. The SMILES string of the molecule is Brc1ccn(C2CCCCC2)n1. The van der Waals surface area contributed by atoms with Gasteiger partial charge in [0.25, 0.3) is 0 Å². The molecule has 0 atom stereocenters. The minimum atomic E-state index is 0.657. The van der Waals surface area contributed by atoms with Crippen molar-refractivity contribution in [1.29, 1.82) is 0 Å². The quantitative estimate of drug-likeness (QED) is 0.723. The number of hydrogen-bond acceptors (Lipinski definition) is 1. The molecule has 0 unspecified atom stereocenters. The second-order valence-electron chi connectivity index (χ2n) is 3.41. The molecule has 0 radical (unpaired) electrons. The predicted octanol–water partition coefficient (Wildman–Crippen LogP) is 3.15. The zero-order valence-corrected chi connectivity index (χ0v) is 8.63. The van der Waals surface area contributed by atoms with Crippen LogP contribution < -0.4 is 0 Å².